The van der Waals surface area contributed by atoms with Crippen LogP contribution in [0.15, 0.2) is 34.9 Å². The van der Waals surface area contributed by atoms with Crippen LogP contribution in [0, 0.1) is 6.92 Å². The molecular formula is C21H28N4O3. The summed E-state index contributed by atoms with van der Waals surface area (Å²) in [7, 11) is 0. The van der Waals surface area contributed by atoms with E-state index in [0.29, 0.717) is 44.3 Å². The Balaban J connectivity index is 1.45. The average Bonchev–Trinajstić information content (AvgIpc) is 3.14. The van der Waals surface area contributed by atoms with Gasteiger partial charge >= 0.3 is 0 Å². The first-order chi connectivity index (χ1) is 13.5. The summed E-state index contributed by atoms with van der Waals surface area (Å²) < 4.78 is 5.05. The van der Waals surface area contributed by atoms with Crippen molar-refractivity contribution in [2.24, 2.45) is 0 Å². The Hall–Kier alpha value is -2.67. The zero-order valence-electron chi connectivity index (χ0n) is 16.8. The molecule has 0 aliphatic carbocycles. The van der Waals surface area contributed by atoms with Crippen molar-refractivity contribution >= 4 is 17.5 Å². The van der Waals surface area contributed by atoms with Crippen LogP contribution < -0.4 is 5.32 Å². The number of nitrogens with zero attached hydrogens (tertiary/aromatic N) is 3. The second-order valence-corrected chi connectivity index (χ2v) is 7.38. The van der Waals surface area contributed by atoms with Gasteiger partial charge in [0.2, 0.25) is 11.7 Å². The number of nitrogens with one attached hydrogen (secondary N) is 1. The van der Waals surface area contributed by atoms with Crippen molar-refractivity contribution in [3.8, 4) is 0 Å². The average molecular weight is 384 g/mol. The molecule has 0 bridgehead atoms. The molecule has 28 heavy (non-hydrogen) atoms. The van der Waals surface area contributed by atoms with Crippen molar-refractivity contribution in [3.05, 3.63) is 47.3 Å². The first kappa shape index (κ1) is 20.1. The number of hydrogen-bond donors (Lipinski definition) is 1. The third kappa shape index (κ3) is 4.98. The van der Waals surface area contributed by atoms with Crippen LogP contribution in [0.5, 0.6) is 0 Å². The summed E-state index contributed by atoms with van der Waals surface area (Å²) >= 11 is 0. The first-order valence-corrected chi connectivity index (χ1v) is 9.81. The van der Waals surface area contributed by atoms with Crippen LogP contribution in [0.25, 0.3) is 0 Å². The van der Waals surface area contributed by atoms with Crippen LogP contribution in [-0.2, 0) is 4.79 Å². The van der Waals surface area contributed by atoms with Gasteiger partial charge in [0, 0.05) is 37.9 Å². The predicted molar refractivity (Wildman–Crippen MR) is 107 cm³/mol. The molecule has 1 aromatic carbocycles. The number of amides is 2. The van der Waals surface area contributed by atoms with Crippen LogP contribution in [0.1, 0.15) is 48.0 Å². The standard InChI is InChI=1S/C21H28N4O3/c1-4-15(2)17-5-7-18(8-6-17)22-20(26)14-24-9-11-25(12-10-24)21(27)19-13-16(3)23-28-19/h5-8,13,15H,4,9-12,14H2,1-3H3,(H,22,26). The summed E-state index contributed by atoms with van der Waals surface area (Å²) in [6, 6.07) is 9.69. The molecule has 1 unspecified atom stereocenters. The molecule has 2 amide bonds. The lowest BCUT2D eigenvalue weighted by Gasteiger charge is -2.33. The minimum absolute atomic E-state index is 0.0399. The summed E-state index contributed by atoms with van der Waals surface area (Å²) in [5.41, 5.74) is 2.78. The number of aryl methyl sites for hydroxylation is 1. The van der Waals surface area contributed by atoms with Gasteiger partial charge in [-0.3, -0.25) is 14.5 Å². The normalized spacial score (nSPS) is 16.0. The molecular weight excluding hydrogens is 356 g/mol. The third-order valence-electron chi connectivity index (χ3n) is 5.24. The second kappa shape index (κ2) is 9.01. The van der Waals surface area contributed by atoms with E-state index in [-0.39, 0.29) is 17.6 Å². The van der Waals surface area contributed by atoms with Crippen molar-refractivity contribution in [2.45, 2.75) is 33.1 Å². The molecule has 150 valence electrons. The minimum atomic E-state index is -0.147. The van der Waals surface area contributed by atoms with Crippen molar-refractivity contribution in [3.63, 3.8) is 0 Å². The maximum absolute atomic E-state index is 12.4. The monoisotopic (exact) mass is 384 g/mol. The third-order valence-corrected chi connectivity index (χ3v) is 5.24. The van der Waals surface area contributed by atoms with E-state index in [4.69, 9.17) is 4.52 Å². The largest absolute Gasteiger partial charge is 0.351 e. The van der Waals surface area contributed by atoms with Gasteiger partial charge in [-0.1, -0.05) is 31.1 Å². The van der Waals surface area contributed by atoms with Crippen LogP contribution in [0.3, 0.4) is 0 Å². The Morgan fingerprint density at radius 3 is 2.43 bits per heavy atom. The molecule has 1 aliphatic heterocycles. The highest BCUT2D eigenvalue weighted by atomic mass is 16.5. The Labute approximate surface area is 165 Å². The fourth-order valence-corrected chi connectivity index (χ4v) is 3.26. The molecule has 3 rings (SSSR count). The molecule has 1 atom stereocenters. The fourth-order valence-electron chi connectivity index (χ4n) is 3.26. The highest BCUT2D eigenvalue weighted by molar-refractivity contribution is 5.92. The summed E-state index contributed by atoms with van der Waals surface area (Å²) in [6.45, 7) is 8.90. The van der Waals surface area contributed by atoms with Gasteiger partial charge in [0.05, 0.1) is 12.2 Å². The Bertz CT molecular complexity index is 807. The lowest BCUT2D eigenvalue weighted by atomic mass is 9.99. The van der Waals surface area contributed by atoms with Crippen molar-refractivity contribution in [1.82, 2.24) is 15.0 Å². The number of carbonyl (C=O) groups is 2. The number of anilines is 1. The van der Waals surface area contributed by atoms with Crippen LogP contribution in [-0.4, -0.2) is 59.5 Å². The number of aromatic nitrogens is 1. The topological polar surface area (TPSA) is 78.7 Å². The van der Waals surface area contributed by atoms with Gasteiger partial charge in [0.1, 0.15) is 0 Å². The van der Waals surface area contributed by atoms with Gasteiger partial charge in [0.25, 0.3) is 5.91 Å². The Morgan fingerprint density at radius 1 is 1.18 bits per heavy atom. The van der Waals surface area contributed by atoms with E-state index in [1.807, 2.05) is 12.1 Å². The molecule has 0 spiro atoms. The van der Waals surface area contributed by atoms with E-state index in [2.05, 4.69) is 41.4 Å². The zero-order chi connectivity index (χ0) is 20.1. The van der Waals surface area contributed by atoms with Gasteiger partial charge < -0.3 is 14.7 Å². The molecule has 7 nitrogen and oxygen atoms in total. The van der Waals surface area contributed by atoms with Gasteiger partial charge in [-0.25, -0.2) is 0 Å². The van der Waals surface area contributed by atoms with E-state index >= 15 is 0 Å². The molecule has 0 saturated carbocycles. The maximum Gasteiger partial charge on any atom is 0.292 e. The molecule has 0 radical (unpaired) electrons. The van der Waals surface area contributed by atoms with E-state index in [9.17, 15) is 9.59 Å². The number of piperazine rings is 1. The van der Waals surface area contributed by atoms with Gasteiger partial charge in [0.15, 0.2) is 0 Å². The lowest BCUT2D eigenvalue weighted by Crippen LogP contribution is -2.50. The van der Waals surface area contributed by atoms with E-state index in [0.717, 1.165) is 12.1 Å². The molecule has 1 fully saturated rings. The smallest absolute Gasteiger partial charge is 0.292 e. The Kier molecular flexibility index (Phi) is 6.46. The van der Waals surface area contributed by atoms with E-state index < -0.39 is 0 Å². The van der Waals surface area contributed by atoms with Crippen LogP contribution >= 0.6 is 0 Å². The van der Waals surface area contributed by atoms with Crippen LogP contribution in [0.2, 0.25) is 0 Å². The van der Waals surface area contributed by atoms with Crippen molar-refractivity contribution in [2.75, 3.05) is 38.0 Å². The number of rotatable bonds is 6. The minimum Gasteiger partial charge on any atom is -0.351 e. The highest BCUT2D eigenvalue weighted by Crippen LogP contribution is 2.20. The molecule has 2 aromatic rings. The maximum atomic E-state index is 12.4. The molecule has 2 heterocycles. The second-order valence-electron chi connectivity index (χ2n) is 7.38. The molecule has 1 N–H and O–H groups in total. The van der Waals surface area contributed by atoms with Crippen molar-refractivity contribution < 1.29 is 14.1 Å². The quantitative estimate of drug-likeness (QED) is 0.828. The van der Waals surface area contributed by atoms with Crippen molar-refractivity contribution in [1.29, 1.82) is 0 Å². The summed E-state index contributed by atoms with van der Waals surface area (Å²) in [4.78, 5) is 28.5. The predicted octanol–water partition coefficient (Wildman–Crippen LogP) is 2.89. The highest BCUT2D eigenvalue weighted by Gasteiger charge is 2.25. The molecule has 7 heteroatoms. The lowest BCUT2D eigenvalue weighted by molar-refractivity contribution is -0.117. The molecule has 1 aromatic heterocycles. The Morgan fingerprint density at radius 2 is 1.86 bits per heavy atom. The SMILES string of the molecule is CCC(C)c1ccc(NC(=O)CN2CCN(C(=O)c3cc(C)no3)CC2)cc1. The van der Waals surface area contributed by atoms with Gasteiger partial charge in [-0.05, 0) is 37.0 Å². The summed E-state index contributed by atoms with van der Waals surface area (Å²) in [5.74, 6) is 0.599. The number of benzene rings is 1. The number of carbonyl (C=O) groups excluding carboxylic acids is 2. The van der Waals surface area contributed by atoms with E-state index in [1.165, 1.54) is 5.56 Å². The van der Waals surface area contributed by atoms with E-state index in [1.54, 1.807) is 17.9 Å². The van der Waals surface area contributed by atoms with Crippen LogP contribution in [0.4, 0.5) is 5.69 Å². The molecule has 1 saturated heterocycles. The first-order valence-electron chi connectivity index (χ1n) is 9.81. The fraction of sp³-hybridized carbons (Fsp3) is 0.476. The summed E-state index contributed by atoms with van der Waals surface area (Å²) in [5, 5.41) is 6.71. The molecule has 1 aliphatic rings. The summed E-state index contributed by atoms with van der Waals surface area (Å²) in [6.07, 6.45) is 1.09. The van der Waals surface area contributed by atoms with Gasteiger partial charge in [-0.2, -0.15) is 0 Å². The zero-order valence-corrected chi connectivity index (χ0v) is 16.8. The van der Waals surface area contributed by atoms with Gasteiger partial charge in [-0.15, -0.1) is 0 Å². The number of hydrogen-bond acceptors (Lipinski definition) is 5.